The van der Waals surface area contributed by atoms with Crippen molar-refractivity contribution in [1.82, 2.24) is 9.97 Å². The predicted molar refractivity (Wildman–Crippen MR) is 72.1 cm³/mol. The van der Waals surface area contributed by atoms with Gasteiger partial charge in [-0.2, -0.15) is 0 Å². The minimum absolute atomic E-state index is 0.229. The normalized spacial score (nSPS) is 20.8. The molecule has 18 heavy (non-hydrogen) atoms. The molecule has 1 N–H and O–H groups in total. The van der Waals surface area contributed by atoms with Crippen LogP contribution in [0, 0.1) is 11.3 Å². The second-order valence-corrected chi connectivity index (χ2v) is 6.87. The van der Waals surface area contributed by atoms with Gasteiger partial charge in [0, 0.05) is 6.20 Å². The number of aryl methyl sites for hydroxylation is 1. The average molecular weight is 248 g/mol. The molecule has 1 aliphatic carbocycles. The highest BCUT2D eigenvalue weighted by atomic mass is 16.3. The van der Waals surface area contributed by atoms with E-state index in [9.17, 15) is 5.11 Å². The Hall–Kier alpha value is -0.960. The summed E-state index contributed by atoms with van der Waals surface area (Å²) in [6.07, 6.45) is 7.23. The van der Waals surface area contributed by atoms with Crippen molar-refractivity contribution in [3.63, 3.8) is 0 Å². The highest BCUT2D eigenvalue weighted by molar-refractivity contribution is 5.17. The summed E-state index contributed by atoms with van der Waals surface area (Å²) >= 11 is 0. The van der Waals surface area contributed by atoms with Gasteiger partial charge in [0.2, 0.25) is 0 Å². The van der Waals surface area contributed by atoms with E-state index in [0.717, 1.165) is 37.1 Å². The number of hydrogen-bond donors (Lipinski definition) is 1. The van der Waals surface area contributed by atoms with Gasteiger partial charge in [0.15, 0.2) is 0 Å². The third kappa shape index (κ3) is 2.89. The van der Waals surface area contributed by atoms with E-state index in [1.807, 2.05) is 6.20 Å². The van der Waals surface area contributed by atoms with Crippen LogP contribution in [-0.2, 0) is 12.0 Å². The maximum Gasteiger partial charge on any atom is 0.109 e. The third-order valence-corrected chi connectivity index (χ3v) is 3.70. The lowest BCUT2D eigenvalue weighted by molar-refractivity contribution is -0.122. The monoisotopic (exact) mass is 248 g/mol. The second kappa shape index (κ2) is 4.61. The van der Waals surface area contributed by atoms with E-state index in [-0.39, 0.29) is 5.41 Å². The second-order valence-electron chi connectivity index (χ2n) is 6.87. The minimum Gasteiger partial charge on any atom is -0.383 e. The topological polar surface area (TPSA) is 46.0 Å². The molecule has 0 aromatic carbocycles. The van der Waals surface area contributed by atoms with Gasteiger partial charge in [-0.15, -0.1) is 0 Å². The van der Waals surface area contributed by atoms with Crippen LogP contribution in [0.4, 0.5) is 0 Å². The summed E-state index contributed by atoms with van der Waals surface area (Å²) in [5.41, 5.74) is 1.24. The van der Waals surface area contributed by atoms with Crippen LogP contribution in [0.3, 0.4) is 0 Å². The smallest absolute Gasteiger partial charge is 0.109 e. The summed E-state index contributed by atoms with van der Waals surface area (Å²) in [7, 11) is 0. The molecule has 0 amide bonds. The number of hydrogen-bond acceptors (Lipinski definition) is 3. The molecular weight excluding hydrogens is 224 g/mol. The fraction of sp³-hybridized carbons (Fsp3) is 0.733. The summed E-state index contributed by atoms with van der Waals surface area (Å²) in [5, 5.41) is 10.4. The summed E-state index contributed by atoms with van der Waals surface area (Å²) in [5.74, 6) is 0.683. The molecule has 1 aliphatic rings. The predicted octanol–water partition coefficient (Wildman–Crippen LogP) is 3.07. The van der Waals surface area contributed by atoms with Crippen LogP contribution in [0.2, 0.25) is 0 Å². The molecule has 2 rings (SSSR count). The van der Waals surface area contributed by atoms with E-state index in [1.165, 1.54) is 0 Å². The van der Waals surface area contributed by atoms with Crippen LogP contribution in [0.15, 0.2) is 12.4 Å². The Labute approximate surface area is 110 Å². The van der Waals surface area contributed by atoms with Crippen LogP contribution in [0.5, 0.6) is 0 Å². The molecule has 0 spiro atoms. The zero-order valence-corrected chi connectivity index (χ0v) is 11.9. The first-order valence-corrected chi connectivity index (χ1v) is 6.85. The van der Waals surface area contributed by atoms with Crippen LogP contribution in [-0.4, -0.2) is 15.1 Å². The van der Waals surface area contributed by atoms with E-state index in [1.54, 1.807) is 6.20 Å². The lowest BCUT2D eigenvalue weighted by Gasteiger charge is -2.49. The maximum atomic E-state index is 10.4. The van der Waals surface area contributed by atoms with E-state index >= 15 is 0 Å². The Bertz CT molecular complexity index is 401. The molecule has 1 heterocycles. The number of aliphatic hydroxyl groups is 1. The van der Waals surface area contributed by atoms with Gasteiger partial charge in [0.25, 0.3) is 0 Å². The van der Waals surface area contributed by atoms with Gasteiger partial charge in [0.05, 0.1) is 17.6 Å². The Morgan fingerprint density at radius 1 is 1.22 bits per heavy atom. The fourth-order valence-electron chi connectivity index (χ4n) is 2.87. The molecule has 1 fully saturated rings. The Morgan fingerprint density at radius 2 is 1.89 bits per heavy atom. The Balaban J connectivity index is 2.00. The number of aromatic nitrogens is 2. The van der Waals surface area contributed by atoms with Gasteiger partial charge in [-0.05, 0) is 37.0 Å². The Morgan fingerprint density at radius 3 is 2.33 bits per heavy atom. The van der Waals surface area contributed by atoms with Crippen LogP contribution >= 0.6 is 0 Å². The van der Waals surface area contributed by atoms with Gasteiger partial charge in [-0.3, -0.25) is 9.97 Å². The van der Waals surface area contributed by atoms with Gasteiger partial charge in [0.1, 0.15) is 5.60 Å². The van der Waals surface area contributed by atoms with E-state index in [4.69, 9.17) is 0 Å². The molecule has 3 nitrogen and oxygen atoms in total. The molecule has 0 radical (unpaired) electrons. The van der Waals surface area contributed by atoms with Crippen molar-refractivity contribution in [1.29, 1.82) is 0 Å². The largest absolute Gasteiger partial charge is 0.383 e. The molecule has 1 aromatic rings. The molecule has 0 bridgehead atoms. The van der Waals surface area contributed by atoms with Gasteiger partial charge in [-0.1, -0.05) is 27.7 Å². The van der Waals surface area contributed by atoms with E-state index in [0.29, 0.717) is 5.92 Å². The fourth-order valence-corrected chi connectivity index (χ4v) is 2.87. The molecule has 0 atom stereocenters. The van der Waals surface area contributed by atoms with Crippen LogP contribution < -0.4 is 0 Å². The van der Waals surface area contributed by atoms with Gasteiger partial charge >= 0.3 is 0 Å². The molecule has 3 heteroatoms. The first-order valence-electron chi connectivity index (χ1n) is 6.85. The molecule has 0 unspecified atom stereocenters. The summed E-state index contributed by atoms with van der Waals surface area (Å²) in [6, 6.07) is 0. The molecule has 100 valence electrons. The van der Waals surface area contributed by atoms with Crippen molar-refractivity contribution in [2.45, 2.75) is 59.0 Å². The number of rotatable bonds is 4. The average Bonchev–Trinajstić information content (AvgIpc) is 2.24. The zero-order valence-electron chi connectivity index (χ0n) is 11.9. The Kier molecular flexibility index (Phi) is 3.45. The highest BCUT2D eigenvalue weighted by Gasteiger charge is 2.50. The summed E-state index contributed by atoms with van der Waals surface area (Å²) in [6.45, 7) is 8.76. The first kappa shape index (κ1) is 13.5. The van der Waals surface area contributed by atoms with Crippen LogP contribution in [0.25, 0.3) is 0 Å². The van der Waals surface area contributed by atoms with Gasteiger partial charge in [-0.25, -0.2) is 0 Å². The van der Waals surface area contributed by atoms with Crippen molar-refractivity contribution in [2.24, 2.45) is 11.3 Å². The van der Waals surface area contributed by atoms with E-state index in [2.05, 4.69) is 37.7 Å². The van der Waals surface area contributed by atoms with Crippen molar-refractivity contribution in [2.75, 3.05) is 0 Å². The molecule has 1 aromatic heterocycles. The standard InChI is InChI=1S/C15H24N2O/c1-11(2)5-6-12-7-17-13(8-16-12)15(18)9-14(3,4)10-15/h7-8,11,18H,5-6,9-10H2,1-4H3. The minimum atomic E-state index is -0.743. The highest BCUT2D eigenvalue weighted by Crippen LogP contribution is 2.52. The lowest BCUT2D eigenvalue weighted by Crippen LogP contribution is -2.47. The summed E-state index contributed by atoms with van der Waals surface area (Å²) < 4.78 is 0. The van der Waals surface area contributed by atoms with Crippen molar-refractivity contribution in [3.8, 4) is 0 Å². The SMILES string of the molecule is CC(C)CCc1cnc(C2(O)CC(C)(C)C2)cn1. The van der Waals surface area contributed by atoms with E-state index < -0.39 is 5.60 Å². The van der Waals surface area contributed by atoms with Crippen LogP contribution in [0.1, 0.15) is 58.3 Å². The molecule has 0 saturated heterocycles. The zero-order chi connectivity index (χ0) is 13.4. The summed E-state index contributed by atoms with van der Waals surface area (Å²) in [4.78, 5) is 8.83. The number of nitrogens with zero attached hydrogens (tertiary/aromatic N) is 2. The quantitative estimate of drug-likeness (QED) is 0.890. The molecule has 0 aliphatic heterocycles. The maximum absolute atomic E-state index is 10.4. The van der Waals surface area contributed by atoms with Crippen molar-refractivity contribution >= 4 is 0 Å². The lowest BCUT2D eigenvalue weighted by atomic mass is 9.60. The van der Waals surface area contributed by atoms with Gasteiger partial charge < -0.3 is 5.11 Å². The first-order chi connectivity index (χ1) is 8.31. The molecular formula is C15H24N2O. The third-order valence-electron chi connectivity index (χ3n) is 3.70. The van der Waals surface area contributed by atoms with Crippen molar-refractivity contribution < 1.29 is 5.11 Å². The molecule has 1 saturated carbocycles. The van der Waals surface area contributed by atoms with Crippen molar-refractivity contribution in [3.05, 3.63) is 23.8 Å².